The number of nitrogens with one attached hydrogen (secondary N) is 1. The summed E-state index contributed by atoms with van der Waals surface area (Å²) in [6.45, 7) is 1.61. The van der Waals surface area contributed by atoms with Gasteiger partial charge in [0.2, 0.25) is 5.91 Å². The Balaban J connectivity index is 1.92. The van der Waals surface area contributed by atoms with E-state index in [0.717, 1.165) is 37.5 Å². The van der Waals surface area contributed by atoms with Crippen LogP contribution in [0.4, 0.5) is 0 Å². The van der Waals surface area contributed by atoms with Gasteiger partial charge in [-0.2, -0.15) is 0 Å². The predicted octanol–water partition coefficient (Wildman–Crippen LogP) is 1.03. The van der Waals surface area contributed by atoms with Crippen molar-refractivity contribution < 1.29 is 4.79 Å². The van der Waals surface area contributed by atoms with Crippen LogP contribution in [0.25, 0.3) is 0 Å². The molecule has 0 spiro atoms. The van der Waals surface area contributed by atoms with Crippen molar-refractivity contribution in [3.05, 3.63) is 0 Å². The van der Waals surface area contributed by atoms with Gasteiger partial charge < -0.3 is 11.1 Å². The minimum Gasteiger partial charge on any atom is -0.354 e. The van der Waals surface area contributed by atoms with Crippen molar-refractivity contribution in [2.24, 2.45) is 17.6 Å². The third kappa shape index (κ3) is 2.27. The molecule has 2 unspecified atom stereocenters. The zero-order chi connectivity index (χ0) is 10.1. The van der Waals surface area contributed by atoms with Crippen LogP contribution in [-0.2, 0) is 4.79 Å². The summed E-state index contributed by atoms with van der Waals surface area (Å²) < 4.78 is 0. The fourth-order valence-corrected chi connectivity index (χ4v) is 3.31. The van der Waals surface area contributed by atoms with E-state index in [9.17, 15) is 4.79 Å². The van der Waals surface area contributed by atoms with Crippen LogP contribution in [-0.4, -0.2) is 18.0 Å². The first-order valence-electron chi connectivity index (χ1n) is 5.66. The van der Waals surface area contributed by atoms with E-state index in [1.165, 1.54) is 6.42 Å². The average molecular weight is 196 g/mol. The normalized spacial score (nSPS) is 41.9. The third-order valence-electron chi connectivity index (χ3n) is 3.58. The maximum atomic E-state index is 11.0. The fourth-order valence-electron chi connectivity index (χ4n) is 3.31. The summed E-state index contributed by atoms with van der Waals surface area (Å²) in [5, 5.41) is 3.05. The highest BCUT2D eigenvalue weighted by atomic mass is 16.1. The van der Waals surface area contributed by atoms with Gasteiger partial charge in [-0.25, -0.2) is 0 Å². The summed E-state index contributed by atoms with van der Waals surface area (Å²) in [5.41, 5.74) is 5.98. The Kier molecular flexibility index (Phi) is 2.77. The first-order chi connectivity index (χ1) is 6.63. The van der Waals surface area contributed by atoms with Crippen LogP contribution >= 0.6 is 0 Å². The van der Waals surface area contributed by atoms with Crippen molar-refractivity contribution in [3.63, 3.8) is 0 Å². The van der Waals surface area contributed by atoms with Gasteiger partial charge in [-0.15, -0.1) is 0 Å². The van der Waals surface area contributed by atoms with E-state index in [-0.39, 0.29) is 5.91 Å². The summed E-state index contributed by atoms with van der Waals surface area (Å²) in [6, 6.07) is 0.834. The quantitative estimate of drug-likeness (QED) is 0.658. The Labute approximate surface area is 85.4 Å². The van der Waals surface area contributed by atoms with Gasteiger partial charge in [0.25, 0.3) is 0 Å². The molecule has 3 nitrogen and oxygen atoms in total. The summed E-state index contributed by atoms with van der Waals surface area (Å²) in [5.74, 6) is 1.63. The van der Waals surface area contributed by atoms with Crippen LogP contribution in [0.15, 0.2) is 0 Å². The van der Waals surface area contributed by atoms with Gasteiger partial charge >= 0.3 is 0 Å². The monoisotopic (exact) mass is 196 g/mol. The van der Waals surface area contributed by atoms with Crippen LogP contribution in [0.3, 0.4) is 0 Å². The van der Waals surface area contributed by atoms with E-state index in [4.69, 9.17) is 5.73 Å². The van der Waals surface area contributed by atoms with E-state index in [2.05, 4.69) is 5.32 Å². The van der Waals surface area contributed by atoms with Crippen molar-refractivity contribution in [1.29, 1.82) is 0 Å². The van der Waals surface area contributed by atoms with Crippen molar-refractivity contribution in [1.82, 2.24) is 5.32 Å². The van der Waals surface area contributed by atoms with Gasteiger partial charge in [0.15, 0.2) is 0 Å². The van der Waals surface area contributed by atoms with E-state index in [0.29, 0.717) is 12.1 Å². The van der Waals surface area contributed by atoms with Crippen molar-refractivity contribution in [2.45, 2.75) is 51.1 Å². The lowest BCUT2D eigenvalue weighted by Crippen LogP contribution is -2.45. The molecule has 2 fully saturated rings. The largest absolute Gasteiger partial charge is 0.354 e. The minimum absolute atomic E-state index is 0.110. The molecule has 2 aliphatic carbocycles. The van der Waals surface area contributed by atoms with Crippen molar-refractivity contribution >= 4 is 5.91 Å². The summed E-state index contributed by atoms with van der Waals surface area (Å²) >= 11 is 0. The Hall–Kier alpha value is -0.570. The Morgan fingerprint density at radius 1 is 1.14 bits per heavy atom. The second kappa shape index (κ2) is 3.89. The molecule has 0 aromatic heterocycles. The topological polar surface area (TPSA) is 55.1 Å². The van der Waals surface area contributed by atoms with E-state index < -0.39 is 0 Å². The fraction of sp³-hybridized carbons (Fsp3) is 0.909. The maximum Gasteiger partial charge on any atom is 0.217 e. The number of amides is 1. The standard InChI is InChI=1S/C11H20N2O/c1-7(14)13-11-5-8-2-9(6-11)4-10(12)3-8/h8-11H,2-6,12H2,1H3,(H,13,14)/t8-,9+,10?,11?. The highest BCUT2D eigenvalue weighted by molar-refractivity contribution is 5.73. The number of fused-ring (bicyclic) bond motifs is 2. The third-order valence-corrected chi connectivity index (χ3v) is 3.58. The Morgan fingerprint density at radius 2 is 1.71 bits per heavy atom. The zero-order valence-corrected chi connectivity index (χ0v) is 8.83. The van der Waals surface area contributed by atoms with Crippen molar-refractivity contribution in [2.75, 3.05) is 0 Å². The van der Waals surface area contributed by atoms with Gasteiger partial charge in [0.1, 0.15) is 0 Å². The average Bonchev–Trinajstić information content (AvgIpc) is 1.99. The van der Waals surface area contributed by atoms with Crippen LogP contribution in [0.5, 0.6) is 0 Å². The SMILES string of the molecule is CC(=O)NC1C[C@H]2CC(N)C[C@@H](C1)C2. The zero-order valence-electron chi connectivity index (χ0n) is 8.83. The summed E-state index contributed by atoms with van der Waals surface area (Å²) in [4.78, 5) is 11.0. The molecule has 3 N–H and O–H groups in total. The summed E-state index contributed by atoms with van der Waals surface area (Å²) in [7, 11) is 0. The minimum atomic E-state index is 0.110. The first-order valence-corrected chi connectivity index (χ1v) is 5.66. The molecule has 2 saturated carbocycles. The molecule has 0 heterocycles. The Morgan fingerprint density at radius 3 is 2.21 bits per heavy atom. The lowest BCUT2D eigenvalue weighted by atomic mass is 9.69. The lowest BCUT2D eigenvalue weighted by molar-refractivity contribution is -0.120. The Bertz CT molecular complexity index is 211. The molecule has 0 aromatic rings. The van der Waals surface area contributed by atoms with Crippen molar-refractivity contribution in [3.8, 4) is 0 Å². The van der Waals surface area contributed by atoms with Crippen LogP contribution < -0.4 is 11.1 Å². The number of carbonyl (C=O) groups excluding carboxylic acids is 1. The van der Waals surface area contributed by atoms with Gasteiger partial charge in [-0.05, 0) is 43.9 Å². The molecule has 3 heteroatoms. The van der Waals surface area contributed by atoms with E-state index >= 15 is 0 Å². The van der Waals surface area contributed by atoms with Gasteiger partial charge in [-0.1, -0.05) is 0 Å². The number of carbonyl (C=O) groups is 1. The van der Waals surface area contributed by atoms with Gasteiger partial charge in [0.05, 0.1) is 0 Å². The molecular formula is C11H20N2O. The number of nitrogens with two attached hydrogens (primary N) is 1. The highest BCUT2D eigenvalue weighted by Crippen LogP contribution is 2.39. The molecule has 14 heavy (non-hydrogen) atoms. The maximum absolute atomic E-state index is 11.0. The molecular weight excluding hydrogens is 176 g/mol. The molecule has 0 radical (unpaired) electrons. The summed E-state index contributed by atoms with van der Waals surface area (Å²) in [6.07, 6.45) is 5.94. The molecule has 2 bridgehead atoms. The molecule has 2 rings (SSSR count). The molecule has 0 saturated heterocycles. The number of rotatable bonds is 1. The molecule has 2 aliphatic rings. The van der Waals surface area contributed by atoms with Gasteiger partial charge in [-0.3, -0.25) is 4.79 Å². The molecule has 1 amide bonds. The highest BCUT2D eigenvalue weighted by Gasteiger charge is 2.34. The van der Waals surface area contributed by atoms with Crippen LogP contribution in [0.2, 0.25) is 0 Å². The second-order valence-electron chi connectivity index (χ2n) is 5.07. The van der Waals surface area contributed by atoms with E-state index in [1.54, 1.807) is 6.92 Å². The molecule has 0 aromatic carbocycles. The number of hydrogen-bond acceptors (Lipinski definition) is 2. The van der Waals surface area contributed by atoms with Gasteiger partial charge in [0, 0.05) is 19.0 Å². The van der Waals surface area contributed by atoms with Crippen LogP contribution in [0.1, 0.15) is 39.0 Å². The number of hydrogen-bond donors (Lipinski definition) is 2. The molecule has 4 atom stereocenters. The predicted molar refractivity (Wildman–Crippen MR) is 55.6 cm³/mol. The first kappa shape index (κ1) is 9.97. The van der Waals surface area contributed by atoms with E-state index in [1.807, 2.05) is 0 Å². The molecule has 0 aliphatic heterocycles. The smallest absolute Gasteiger partial charge is 0.217 e. The molecule has 80 valence electrons. The second-order valence-corrected chi connectivity index (χ2v) is 5.07. The lowest BCUT2D eigenvalue weighted by Gasteiger charge is -2.41. The van der Waals surface area contributed by atoms with Crippen LogP contribution in [0, 0.1) is 11.8 Å².